The van der Waals surface area contributed by atoms with E-state index in [4.69, 9.17) is 32.7 Å². The van der Waals surface area contributed by atoms with Crippen LogP contribution in [-0.2, 0) is 10.6 Å². The van der Waals surface area contributed by atoms with Crippen molar-refractivity contribution in [3.8, 4) is 5.75 Å². The molecule has 1 aromatic carbocycles. The molecule has 1 heterocycles. The van der Waals surface area contributed by atoms with E-state index in [0.717, 1.165) is 37.4 Å². The molecule has 0 radical (unpaired) electrons. The third-order valence-corrected chi connectivity index (χ3v) is 3.22. The van der Waals surface area contributed by atoms with E-state index in [1.165, 1.54) is 0 Å². The van der Waals surface area contributed by atoms with E-state index < -0.39 is 0 Å². The molecule has 2 rings (SSSR count). The monoisotopic (exact) mass is 260 g/mol. The molecule has 0 aromatic heterocycles. The molecule has 2 nitrogen and oxygen atoms in total. The van der Waals surface area contributed by atoms with Crippen molar-refractivity contribution < 1.29 is 9.47 Å². The summed E-state index contributed by atoms with van der Waals surface area (Å²) < 4.78 is 11.1. The highest BCUT2D eigenvalue weighted by molar-refractivity contribution is 6.32. The van der Waals surface area contributed by atoms with Gasteiger partial charge in [-0.05, 0) is 17.7 Å². The Morgan fingerprint density at radius 1 is 1.31 bits per heavy atom. The zero-order valence-electron chi connectivity index (χ0n) is 8.92. The zero-order chi connectivity index (χ0) is 11.4. The minimum absolute atomic E-state index is 0.216. The maximum Gasteiger partial charge on any atom is 0.138 e. The molecule has 1 aromatic rings. The molecule has 0 bridgehead atoms. The van der Waals surface area contributed by atoms with E-state index in [1.807, 2.05) is 18.2 Å². The molecule has 1 saturated heterocycles. The fourth-order valence-corrected chi connectivity index (χ4v) is 2.11. The first kappa shape index (κ1) is 12.0. The van der Waals surface area contributed by atoms with Gasteiger partial charge in [-0.15, -0.1) is 11.6 Å². The molecule has 0 amide bonds. The lowest BCUT2D eigenvalue weighted by molar-refractivity contribution is 0.0256. The summed E-state index contributed by atoms with van der Waals surface area (Å²) in [6, 6.07) is 5.67. The first-order valence-corrected chi connectivity index (χ1v) is 6.29. The topological polar surface area (TPSA) is 18.5 Å². The lowest BCUT2D eigenvalue weighted by Gasteiger charge is -2.23. The SMILES string of the molecule is ClCc1ccc(OC2CCOCC2)c(Cl)c1. The highest BCUT2D eigenvalue weighted by Crippen LogP contribution is 2.28. The molecule has 0 aliphatic carbocycles. The molecule has 4 heteroatoms. The average molecular weight is 261 g/mol. The van der Waals surface area contributed by atoms with Gasteiger partial charge in [-0.3, -0.25) is 0 Å². The minimum atomic E-state index is 0.216. The van der Waals surface area contributed by atoms with Gasteiger partial charge in [-0.2, -0.15) is 0 Å². The highest BCUT2D eigenvalue weighted by Gasteiger charge is 2.16. The molecule has 0 saturated carbocycles. The van der Waals surface area contributed by atoms with Crippen LogP contribution in [0.2, 0.25) is 5.02 Å². The molecule has 1 aliphatic rings. The normalized spacial score (nSPS) is 17.4. The van der Waals surface area contributed by atoms with Crippen LogP contribution in [0.25, 0.3) is 0 Å². The smallest absolute Gasteiger partial charge is 0.138 e. The summed E-state index contributed by atoms with van der Waals surface area (Å²) in [5, 5.41) is 0.629. The minimum Gasteiger partial charge on any atom is -0.489 e. The van der Waals surface area contributed by atoms with Crippen LogP contribution in [0.1, 0.15) is 18.4 Å². The quantitative estimate of drug-likeness (QED) is 0.773. The number of alkyl halides is 1. The van der Waals surface area contributed by atoms with Crippen LogP contribution in [0.5, 0.6) is 5.75 Å². The van der Waals surface area contributed by atoms with Gasteiger partial charge in [0.25, 0.3) is 0 Å². The van der Waals surface area contributed by atoms with E-state index in [1.54, 1.807) is 0 Å². The summed E-state index contributed by atoms with van der Waals surface area (Å²) in [7, 11) is 0. The second-order valence-electron chi connectivity index (χ2n) is 3.83. The molecule has 16 heavy (non-hydrogen) atoms. The van der Waals surface area contributed by atoms with Crippen molar-refractivity contribution in [1.29, 1.82) is 0 Å². The summed E-state index contributed by atoms with van der Waals surface area (Å²) in [5.41, 5.74) is 1.01. The number of hydrogen-bond donors (Lipinski definition) is 0. The van der Waals surface area contributed by atoms with Crippen molar-refractivity contribution in [2.24, 2.45) is 0 Å². The van der Waals surface area contributed by atoms with E-state index in [-0.39, 0.29) is 6.10 Å². The Hall–Kier alpha value is -0.440. The second kappa shape index (κ2) is 5.76. The molecule has 0 atom stereocenters. The molecular formula is C12H14Cl2O2. The molecule has 88 valence electrons. The van der Waals surface area contributed by atoms with Crippen molar-refractivity contribution >= 4 is 23.2 Å². The number of rotatable bonds is 3. The fourth-order valence-electron chi connectivity index (χ4n) is 1.70. The Kier molecular flexibility index (Phi) is 4.33. The number of hydrogen-bond acceptors (Lipinski definition) is 2. The second-order valence-corrected chi connectivity index (χ2v) is 4.50. The number of halogens is 2. The van der Waals surface area contributed by atoms with Gasteiger partial charge in [0.2, 0.25) is 0 Å². The Balaban J connectivity index is 2.03. The fraction of sp³-hybridized carbons (Fsp3) is 0.500. The summed E-state index contributed by atoms with van der Waals surface area (Å²) in [6.07, 6.45) is 2.06. The first-order valence-electron chi connectivity index (χ1n) is 5.38. The Morgan fingerprint density at radius 2 is 2.06 bits per heavy atom. The lowest BCUT2D eigenvalue weighted by atomic mass is 10.1. The summed E-state index contributed by atoms with van der Waals surface area (Å²) in [5.74, 6) is 1.21. The molecule has 1 aliphatic heterocycles. The Labute approximate surface area is 105 Å². The third-order valence-electron chi connectivity index (χ3n) is 2.61. The van der Waals surface area contributed by atoms with Crippen molar-refractivity contribution in [2.45, 2.75) is 24.8 Å². The van der Waals surface area contributed by atoms with Crippen molar-refractivity contribution in [3.05, 3.63) is 28.8 Å². The Bertz CT molecular complexity index is 349. The van der Waals surface area contributed by atoms with Gasteiger partial charge in [-0.1, -0.05) is 17.7 Å². The van der Waals surface area contributed by atoms with Crippen LogP contribution in [0, 0.1) is 0 Å². The van der Waals surface area contributed by atoms with Gasteiger partial charge in [0.05, 0.1) is 18.2 Å². The number of benzene rings is 1. The molecular weight excluding hydrogens is 247 g/mol. The average Bonchev–Trinajstić information content (AvgIpc) is 2.33. The largest absolute Gasteiger partial charge is 0.489 e. The summed E-state index contributed by atoms with van der Waals surface area (Å²) in [4.78, 5) is 0. The Morgan fingerprint density at radius 3 is 2.69 bits per heavy atom. The van der Waals surface area contributed by atoms with E-state index in [2.05, 4.69) is 0 Å². The number of ether oxygens (including phenoxy) is 2. The maximum absolute atomic E-state index is 6.11. The molecule has 0 spiro atoms. The lowest BCUT2D eigenvalue weighted by Crippen LogP contribution is -2.25. The maximum atomic E-state index is 6.11. The highest BCUT2D eigenvalue weighted by atomic mass is 35.5. The van der Waals surface area contributed by atoms with Crippen LogP contribution < -0.4 is 4.74 Å². The molecule has 1 fully saturated rings. The van der Waals surface area contributed by atoms with Crippen molar-refractivity contribution in [1.82, 2.24) is 0 Å². The standard InChI is InChI=1S/C12H14Cl2O2/c13-8-9-1-2-12(11(14)7-9)16-10-3-5-15-6-4-10/h1-2,7,10H,3-6,8H2. The van der Waals surface area contributed by atoms with E-state index in [0.29, 0.717) is 10.9 Å². The molecule has 0 unspecified atom stereocenters. The van der Waals surface area contributed by atoms with Crippen LogP contribution in [0.3, 0.4) is 0 Å². The van der Waals surface area contributed by atoms with E-state index >= 15 is 0 Å². The first-order chi connectivity index (χ1) is 7.79. The predicted molar refractivity (Wildman–Crippen MR) is 65.5 cm³/mol. The van der Waals surface area contributed by atoms with Crippen LogP contribution in [-0.4, -0.2) is 19.3 Å². The van der Waals surface area contributed by atoms with Crippen LogP contribution in [0.15, 0.2) is 18.2 Å². The van der Waals surface area contributed by atoms with Gasteiger partial charge < -0.3 is 9.47 Å². The summed E-state index contributed by atoms with van der Waals surface area (Å²) in [6.45, 7) is 1.53. The van der Waals surface area contributed by atoms with E-state index in [9.17, 15) is 0 Å². The van der Waals surface area contributed by atoms with Crippen molar-refractivity contribution in [3.63, 3.8) is 0 Å². The van der Waals surface area contributed by atoms with Crippen molar-refractivity contribution in [2.75, 3.05) is 13.2 Å². The predicted octanol–water partition coefficient (Wildman–Crippen LogP) is 3.64. The van der Waals surface area contributed by atoms with Gasteiger partial charge in [0, 0.05) is 18.7 Å². The molecule has 0 N–H and O–H groups in total. The van der Waals surface area contributed by atoms with Crippen LogP contribution in [0.4, 0.5) is 0 Å². The zero-order valence-corrected chi connectivity index (χ0v) is 10.4. The van der Waals surface area contributed by atoms with Gasteiger partial charge in [-0.25, -0.2) is 0 Å². The van der Waals surface area contributed by atoms with Gasteiger partial charge in [0.1, 0.15) is 11.9 Å². The van der Waals surface area contributed by atoms with Crippen LogP contribution >= 0.6 is 23.2 Å². The summed E-state index contributed by atoms with van der Waals surface area (Å²) >= 11 is 11.8. The third kappa shape index (κ3) is 3.03. The van der Waals surface area contributed by atoms with Gasteiger partial charge >= 0.3 is 0 Å². The van der Waals surface area contributed by atoms with Gasteiger partial charge in [0.15, 0.2) is 0 Å².